The molecule has 1 aromatic heterocycles. The van der Waals surface area contributed by atoms with E-state index in [1.165, 1.54) is 0 Å². The first kappa shape index (κ1) is 19.7. The SMILES string of the molecule is CC(c1ccc(C(=O)c2ccccc2)[nH]1)c1c(F)cc(NS(N)(=O)=O)cc1F. The molecule has 0 saturated heterocycles. The van der Waals surface area contributed by atoms with Crippen LogP contribution in [0.25, 0.3) is 0 Å². The summed E-state index contributed by atoms with van der Waals surface area (Å²) < 4.78 is 52.8. The van der Waals surface area contributed by atoms with Crippen molar-refractivity contribution in [2.24, 2.45) is 5.14 Å². The molecule has 1 heterocycles. The lowest BCUT2D eigenvalue weighted by atomic mass is 9.96. The molecule has 28 heavy (non-hydrogen) atoms. The number of nitrogens with one attached hydrogen (secondary N) is 2. The molecule has 0 radical (unpaired) electrons. The van der Waals surface area contributed by atoms with Gasteiger partial charge in [0.2, 0.25) is 5.78 Å². The second-order valence-electron chi connectivity index (χ2n) is 6.24. The lowest BCUT2D eigenvalue weighted by Crippen LogP contribution is -2.22. The fourth-order valence-corrected chi connectivity index (χ4v) is 3.37. The van der Waals surface area contributed by atoms with Crippen molar-refractivity contribution in [3.8, 4) is 0 Å². The van der Waals surface area contributed by atoms with Gasteiger partial charge < -0.3 is 4.98 Å². The fourth-order valence-electron chi connectivity index (χ4n) is 2.92. The van der Waals surface area contributed by atoms with Crippen LogP contribution >= 0.6 is 0 Å². The van der Waals surface area contributed by atoms with Crippen LogP contribution in [0, 0.1) is 11.6 Å². The summed E-state index contributed by atoms with van der Waals surface area (Å²) in [6.07, 6.45) is 0. The van der Waals surface area contributed by atoms with E-state index in [0.29, 0.717) is 17.0 Å². The Morgan fingerprint density at radius 1 is 1.07 bits per heavy atom. The molecule has 0 aliphatic carbocycles. The first-order valence-corrected chi connectivity index (χ1v) is 9.78. The van der Waals surface area contributed by atoms with Crippen LogP contribution < -0.4 is 9.86 Å². The van der Waals surface area contributed by atoms with E-state index in [-0.39, 0.29) is 17.0 Å². The maximum Gasteiger partial charge on any atom is 0.296 e. The third kappa shape index (κ3) is 4.26. The van der Waals surface area contributed by atoms with Crippen molar-refractivity contribution in [2.45, 2.75) is 12.8 Å². The van der Waals surface area contributed by atoms with E-state index in [4.69, 9.17) is 5.14 Å². The highest BCUT2D eigenvalue weighted by Gasteiger charge is 2.22. The van der Waals surface area contributed by atoms with Gasteiger partial charge in [-0.25, -0.2) is 13.9 Å². The maximum absolute atomic E-state index is 14.5. The van der Waals surface area contributed by atoms with Crippen LogP contribution in [0.4, 0.5) is 14.5 Å². The van der Waals surface area contributed by atoms with Gasteiger partial charge >= 0.3 is 0 Å². The Labute approximate surface area is 160 Å². The summed E-state index contributed by atoms with van der Waals surface area (Å²) in [5.74, 6) is -2.87. The number of aromatic amines is 1. The van der Waals surface area contributed by atoms with E-state index in [2.05, 4.69) is 4.98 Å². The van der Waals surface area contributed by atoms with Gasteiger partial charge in [-0.1, -0.05) is 37.3 Å². The number of hydrogen-bond acceptors (Lipinski definition) is 3. The highest BCUT2D eigenvalue weighted by molar-refractivity contribution is 7.90. The molecule has 1 atom stereocenters. The standard InChI is InChI=1S/C19H17F2N3O3S/c1-11(18-14(20)9-13(10-15(18)21)24-28(22,26)27)16-7-8-17(23-16)19(25)12-5-3-2-4-6-12/h2-11,23-24H,1H3,(H2,22,26,27). The second kappa shape index (κ2) is 7.53. The third-order valence-corrected chi connectivity index (χ3v) is 4.75. The average Bonchev–Trinajstić information content (AvgIpc) is 3.09. The highest BCUT2D eigenvalue weighted by atomic mass is 32.2. The highest BCUT2D eigenvalue weighted by Crippen LogP contribution is 2.30. The molecule has 6 nitrogen and oxygen atoms in total. The van der Waals surface area contributed by atoms with Gasteiger partial charge in [0.25, 0.3) is 10.2 Å². The van der Waals surface area contributed by atoms with Crippen LogP contribution in [0.3, 0.4) is 0 Å². The first-order chi connectivity index (χ1) is 13.2. The molecule has 0 aliphatic heterocycles. The number of halogens is 2. The molecule has 3 rings (SSSR count). The van der Waals surface area contributed by atoms with Gasteiger partial charge in [0.1, 0.15) is 11.6 Å². The largest absolute Gasteiger partial charge is 0.355 e. The Balaban J connectivity index is 1.90. The van der Waals surface area contributed by atoms with E-state index >= 15 is 0 Å². The molecule has 0 spiro atoms. The Hall–Kier alpha value is -3.04. The number of rotatable bonds is 6. The van der Waals surface area contributed by atoms with Crippen molar-refractivity contribution in [1.29, 1.82) is 0 Å². The van der Waals surface area contributed by atoms with Gasteiger partial charge in [-0.3, -0.25) is 9.52 Å². The number of nitrogens with two attached hydrogens (primary N) is 1. The van der Waals surface area contributed by atoms with Gasteiger partial charge in [-0.05, 0) is 24.3 Å². The monoisotopic (exact) mass is 405 g/mol. The molecule has 1 unspecified atom stereocenters. The van der Waals surface area contributed by atoms with E-state index in [1.807, 2.05) is 4.72 Å². The van der Waals surface area contributed by atoms with Gasteiger partial charge in [0.05, 0.1) is 11.4 Å². The molecular formula is C19H17F2N3O3S. The number of benzene rings is 2. The summed E-state index contributed by atoms with van der Waals surface area (Å²) in [5.41, 5.74) is 0.630. The van der Waals surface area contributed by atoms with Crippen LogP contribution in [0.15, 0.2) is 54.6 Å². The molecule has 0 fully saturated rings. The zero-order valence-electron chi connectivity index (χ0n) is 14.7. The van der Waals surface area contributed by atoms with Gasteiger partial charge in [0.15, 0.2) is 0 Å². The van der Waals surface area contributed by atoms with Crippen molar-refractivity contribution >= 4 is 21.7 Å². The van der Waals surface area contributed by atoms with Crippen molar-refractivity contribution in [3.63, 3.8) is 0 Å². The summed E-state index contributed by atoms with van der Waals surface area (Å²) >= 11 is 0. The van der Waals surface area contributed by atoms with Crippen LogP contribution in [0.5, 0.6) is 0 Å². The lowest BCUT2D eigenvalue weighted by molar-refractivity contribution is 0.103. The van der Waals surface area contributed by atoms with Crippen LogP contribution in [-0.2, 0) is 10.2 Å². The smallest absolute Gasteiger partial charge is 0.296 e. The summed E-state index contributed by atoms with van der Waals surface area (Å²) in [4.78, 5) is 15.4. The molecule has 146 valence electrons. The van der Waals surface area contributed by atoms with Crippen LogP contribution in [-0.4, -0.2) is 19.2 Å². The lowest BCUT2D eigenvalue weighted by Gasteiger charge is -2.14. The normalized spacial score (nSPS) is 12.6. The minimum atomic E-state index is -4.16. The molecular weight excluding hydrogens is 388 g/mol. The Morgan fingerprint density at radius 2 is 1.68 bits per heavy atom. The predicted molar refractivity (Wildman–Crippen MR) is 101 cm³/mol. The zero-order valence-corrected chi connectivity index (χ0v) is 15.6. The van der Waals surface area contributed by atoms with Crippen molar-refractivity contribution < 1.29 is 22.0 Å². The molecule has 0 amide bonds. The van der Waals surface area contributed by atoms with E-state index in [0.717, 1.165) is 12.1 Å². The Bertz CT molecular complexity index is 1110. The number of hydrogen-bond donors (Lipinski definition) is 3. The van der Waals surface area contributed by atoms with Crippen LogP contribution in [0.1, 0.15) is 40.2 Å². The summed E-state index contributed by atoms with van der Waals surface area (Å²) in [5, 5.41) is 4.81. The Kier molecular flexibility index (Phi) is 5.30. The topological polar surface area (TPSA) is 105 Å². The molecule has 4 N–H and O–H groups in total. The number of carbonyl (C=O) groups is 1. The quantitative estimate of drug-likeness (QED) is 0.548. The fraction of sp³-hybridized carbons (Fsp3) is 0.105. The van der Waals surface area contributed by atoms with E-state index in [9.17, 15) is 22.0 Å². The summed E-state index contributed by atoms with van der Waals surface area (Å²) in [7, 11) is -4.16. The molecule has 0 bridgehead atoms. The average molecular weight is 405 g/mol. The summed E-state index contributed by atoms with van der Waals surface area (Å²) in [6.45, 7) is 1.57. The van der Waals surface area contributed by atoms with Gasteiger partial charge in [0, 0.05) is 22.7 Å². The molecule has 0 aliphatic rings. The number of aromatic nitrogens is 1. The van der Waals surface area contributed by atoms with Crippen molar-refractivity contribution in [1.82, 2.24) is 4.98 Å². The molecule has 3 aromatic rings. The third-order valence-electron chi connectivity index (χ3n) is 4.23. The summed E-state index contributed by atoms with van der Waals surface area (Å²) in [6, 6.07) is 13.4. The molecule has 9 heteroatoms. The Morgan fingerprint density at radius 3 is 2.25 bits per heavy atom. The maximum atomic E-state index is 14.5. The minimum Gasteiger partial charge on any atom is -0.355 e. The van der Waals surface area contributed by atoms with Crippen molar-refractivity contribution in [2.75, 3.05) is 4.72 Å². The molecule has 2 aromatic carbocycles. The number of ketones is 1. The number of carbonyl (C=O) groups excluding carboxylic acids is 1. The molecule has 0 saturated carbocycles. The van der Waals surface area contributed by atoms with Gasteiger partial charge in [-0.15, -0.1) is 0 Å². The van der Waals surface area contributed by atoms with E-state index < -0.39 is 27.8 Å². The zero-order chi connectivity index (χ0) is 20.5. The predicted octanol–water partition coefficient (Wildman–Crippen LogP) is 3.29. The number of H-pyrrole nitrogens is 1. The number of anilines is 1. The first-order valence-electron chi connectivity index (χ1n) is 8.24. The van der Waals surface area contributed by atoms with Gasteiger partial charge in [-0.2, -0.15) is 8.42 Å². The minimum absolute atomic E-state index is 0.243. The van der Waals surface area contributed by atoms with E-state index in [1.54, 1.807) is 49.4 Å². The second-order valence-corrected chi connectivity index (χ2v) is 7.54. The van der Waals surface area contributed by atoms with Crippen LogP contribution in [0.2, 0.25) is 0 Å². The van der Waals surface area contributed by atoms with Crippen molar-refractivity contribution in [3.05, 3.63) is 88.7 Å².